The molecule has 0 fully saturated rings. The molecule has 0 amide bonds. The lowest BCUT2D eigenvalue weighted by molar-refractivity contribution is 0.234. The summed E-state index contributed by atoms with van der Waals surface area (Å²) in [6, 6.07) is 4.37. The second-order valence-corrected chi connectivity index (χ2v) is 27.0. The predicted octanol–water partition coefficient (Wildman–Crippen LogP) is 29.0. The first-order valence-electron chi connectivity index (χ1n) is 39.1. The topological polar surface area (TPSA) is 27.7 Å². The van der Waals surface area contributed by atoms with E-state index in [1.165, 1.54) is 410 Å². The molecule has 0 N–H and O–H groups in total. The molecule has 0 aliphatic carbocycles. The molecule has 3 heteroatoms. The highest BCUT2D eigenvalue weighted by atomic mass is 16.5. The summed E-state index contributed by atoms with van der Waals surface area (Å²) in [6.07, 6.45) is 93.8. The smallest absolute Gasteiger partial charge is 0.203 e. The van der Waals surface area contributed by atoms with Gasteiger partial charge < -0.3 is 14.2 Å². The number of ether oxygens (including phenoxy) is 3. The lowest BCUT2D eigenvalue weighted by Gasteiger charge is -2.19. The van der Waals surface area contributed by atoms with Gasteiger partial charge in [0.2, 0.25) is 5.75 Å². The third kappa shape index (κ3) is 59.4. The first kappa shape index (κ1) is 79.6. The molecule has 0 heterocycles. The van der Waals surface area contributed by atoms with Gasteiger partial charge in [0.15, 0.2) is 11.5 Å². The van der Waals surface area contributed by atoms with E-state index in [1.807, 2.05) is 0 Å². The minimum atomic E-state index is 0.727. The molecular formula is C80H153O3. The summed E-state index contributed by atoms with van der Waals surface area (Å²) in [7, 11) is 0. The van der Waals surface area contributed by atoms with Crippen molar-refractivity contribution in [3.8, 4) is 17.2 Å². The largest absolute Gasteiger partial charge is 0.490 e. The highest BCUT2D eigenvalue weighted by molar-refractivity contribution is 5.54. The second-order valence-electron chi connectivity index (χ2n) is 27.0. The third-order valence-corrected chi connectivity index (χ3v) is 18.6. The van der Waals surface area contributed by atoms with Crippen molar-refractivity contribution < 1.29 is 14.2 Å². The van der Waals surface area contributed by atoms with Gasteiger partial charge in [0.25, 0.3) is 0 Å². The molecule has 0 aliphatic rings. The molecule has 0 aliphatic heterocycles. The van der Waals surface area contributed by atoms with E-state index in [0.717, 1.165) is 62.8 Å². The Morgan fingerprint density at radius 3 is 0.506 bits per heavy atom. The first-order chi connectivity index (χ1) is 41.3. The van der Waals surface area contributed by atoms with E-state index in [9.17, 15) is 0 Å². The van der Waals surface area contributed by atoms with Gasteiger partial charge in [0.05, 0.1) is 19.8 Å². The number of benzene rings is 1. The Bertz CT molecular complexity index is 1270. The number of rotatable bonds is 73. The summed E-state index contributed by atoms with van der Waals surface area (Å²) in [4.78, 5) is 0. The molecule has 0 unspecified atom stereocenters. The Hall–Kier alpha value is -1.38. The lowest BCUT2D eigenvalue weighted by atomic mass is 10.0. The molecule has 1 aromatic carbocycles. The van der Waals surface area contributed by atoms with E-state index in [-0.39, 0.29) is 0 Å². The Morgan fingerprint density at radius 2 is 0.349 bits per heavy atom. The zero-order valence-corrected chi connectivity index (χ0v) is 57.6. The van der Waals surface area contributed by atoms with Crippen molar-refractivity contribution in [3.05, 3.63) is 24.6 Å². The van der Waals surface area contributed by atoms with E-state index >= 15 is 0 Å². The molecule has 1 radical (unpaired) electrons. The molecule has 0 saturated carbocycles. The molecule has 0 aromatic heterocycles. The van der Waals surface area contributed by atoms with Crippen molar-refractivity contribution in [1.82, 2.24) is 0 Å². The average Bonchev–Trinajstić information content (AvgIpc) is 3.57. The van der Waals surface area contributed by atoms with Gasteiger partial charge in [-0.1, -0.05) is 425 Å². The van der Waals surface area contributed by atoms with Crippen LogP contribution in [0.1, 0.15) is 450 Å². The van der Waals surface area contributed by atoms with E-state index in [4.69, 9.17) is 14.2 Å². The normalized spacial score (nSPS) is 11.6. The van der Waals surface area contributed by atoms with Crippen molar-refractivity contribution in [2.45, 2.75) is 451 Å². The summed E-state index contributed by atoms with van der Waals surface area (Å²) in [5.74, 6) is 2.58. The van der Waals surface area contributed by atoms with Gasteiger partial charge in [0, 0.05) is 0 Å². The second kappa shape index (κ2) is 69.7. The minimum Gasteiger partial charge on any atom is -0.490 e. The van der Waals surface area contributed by atoms with Crippen LogP contribution in [0.5, 0.6) is 17.2 Å². The highest BCUT2D eigenvalue weighted by Crippen LogP contribution is 2.40. The van der Waals surface area contributed by atoms with Crippen molar-refractivity contribution in [1.29, 1.82) is 0 Å². The number of hydrogen-bond acceptors (Lipinski definition) is 3. The molecule has 0 bridgehead atoms. The van der Waals surface area contributed by atoms with Crippen LogP contribution in [0.2, 0.25) is 0 Å². The van der Waals surface area contributed by atoms with Crippen LogP contribution in [0.15, 0.2) is 12.1 Å². The van der Waals surface area contributed by atoms with Gasteiger partial charge in [-0.05, 0) is 50.3 Å². The molecule has 3 nitrogen and oxygen atoms in total. The highest BCUT2D eigenvalue weighted by Gasteiger charge is 2.16. The van der Waals surface area contributed by atoms with Crippen molar-refractivity contribution >= 4 is 0 Å². The van der Waals surface area contributed by atoms with E-state index in [2.05, 4.69) is 39.8 Å². The predicted molar refractivity (Wildman–Crippen MR) is 374 cm³/mol. The maximum atomic E-state index is 6.65. The maximum Gasteiger partial charge on any atom is 0.203 e. The van der Waals surface area contributed by atoms with Crippen LogP contribution in [-0.4, -0.2) is 19.8 Å². The van der Waals surface area contributed by atoms with Crippen LogP contribution >= 0.6 is 0 Å². The summed E-state index contributed by atoms with van der Waals surface area (Å²) in [6.45, 7) is 13.4. The number of hydrogen-bond donors (Lipinski definition) is 0. The minimum absolute atomic E-state index is 0.727. The Balaban J connectivity index is 2.33. The fourth-order valence-corrected chi connectivity index (χ4v) is 12.8. The summed E-state index contributed by atoms with van der Waals surface area (Å²) >= 11 is 0. The first-order valence-corrected chi connectivity index (χ1v) is 39.1. The number of unbranched alkanes of at least 4 members (excludes halogenated alkanes) is 63. The molecular weight excluding hydrogens is 1010 g/mol. The maximum absolute atomic E-state index is 6.65. The van der Waals surface area contributed by atoms with Crippen molar-refractivity contribution in [2.24, 2.45) is 0 Å². The van der Waals surface area contributed by atoms with E-state index < -0.39 is 0 Å². The van der Waals surface area contributed by atoms with Gasteiger partial charge in [-0.3, -0.25) is 0 Å². The molecule has 0 saturated heterocycles. The molecule has 0 atom stereocenters. The molecule has 0 spiro atoms. The van der Waals surface area contributed by atoms with Crippen LogP contribution in [0, 0.1) is 6.92 Å². The standard InChI is InChI=1S/C80H153O3/c1-5-9-12-15-18-21-24-27-30-33-36-39-42-45-48-51-54-57-60-63-66-69-72-81-78-75-77(8-4)76-79(82-73-70-67-64-61-58-55-52-49-46-43-40-37-34-31-28-25-22-19-16-13-10-6-2)80(78)83-74-71-68-65-62-59-56-53-50-47-44-41-38-35-32-29-26-23-20-17-14-11-7-3/h75-76H,4-74H2,1-3H3. The SMILES string of the molecule is [CH2]Cc1cc(OCCCCCCCCCCCCCCCCCCCCCCCC)c(OCCCCCCCCCCCCCCCCCCCCCCCC)c(OCCCCCCCCCCCCCCCCCCCCCCCC)c1. The Morgan fingerprint density at radius 1 is 0.205 bits per heavy atom. The monoisotopic (exact) mass is 1160 g/mol. The van der Waals surface area contributed by atoms with E-state index in [1.54, 1.807) is 0 Å². The van der Waals surface area contributed by atoms with Crippen molar-refractivity contribution in [2.75, 3.05) is 19.8 Å². The summed E-state index contributed by atoms with van der Waals surface area (Å²) < 4.78 is 19.8. The van der Waals surface area contributed by atoms with Crippen LogP contribution in [0.3, 0.4) is 0 Å². The molecule has 1 rings (SSSR count). The van der Waals surface area contributed by atoms with Gasteiger partial charge in [-0.25, -0.2) is 0 Å². The van der Waals surface area contributed by atoms with Crippen LogP contribution in [0.25, 0.3) is 0 Å². The van der Waals surface area contributed by atoms with Gasteiger partial charge in [0.1, 0.15) is 0 Å². The summed E-state index contributed by atoms with van der Waals surface area (Å²) in [5.41, 5.74) is 1.18. The van der Waals surface area contributed by atoms with Crippen LogP contribution in [0.4, 0.5) is 0 Å². The van der Waals surface area contributed by atoms with Gasteiger partial charge in [-0.15, -0.1) is 0 Å². The zero-order valence-electron chi connectivity index (χ0n) is 57.6. The average molecular weight is 1160 g/mol. The van der Waals surface area contributed by atoms with E-state index in [0.29, 0.717) is 0 Å². The lowest BCUT2D eigenvalue weighted by Crippen LogP contribution is -2.07. The fraction of sp³-hybridized carbons (Fsp3) is 0.912. The molecule has 1 aromatic rings. The fourth-order valence-electron chi connectivity index (χ4n) is 12.8. The van der Waals surface area contributed by atoms with Gasteiger partial charge in [-0.2, -0.15) is 0 Å². The van der Waals surface area contributed by atoms with Crippen LogP contribution < -0.4 is 14.2 Å². The molecule has 491 valence electrons. The van der Waals surface area contributed by atoms with Gasteiger partial charge >= 0.3 is 0 Å². The quantitative estimate of drug-likeness (QED) is 0.0609. The third-order valence-electron chi connectivity index (χ3n) is 18.6. The van der Waals surface area contributed by atoms with Crippen molar-refractivity contribution in [3.63, 3.8) is 0 Å². The Labute approximate surface area is 524 Å². The Kier molecular flexibility index (Phi) is 66.9. The summed E-state index contributed by atoms with van der Waals surface area (Å²) in [5, 5.41) is 0. The zero-order chi connectivity index (χ0) is 59.3. The molecule has 83 heavy (non-hydrogen) atoms. The van der Waals surface area contributed by atoms with Crippen LogP contribution in [-0.2, 0) is 6.42 Å².